The number of amides is 1. The molecule has 1 amide bonds. The molecular weight excluding hydrogens is 359 g/mol. The summed E-state index contributed by atoms with van der Waals surface area (Å²) in [6.07, 6.45) is 0. The first-order valence-corrected chi connectivity index (χ1v) is 7.40. The predicted octanol–water partition coefficient (Wildman–Crippen LogP) is 4.03. The number of methoxy groups -OCH3 is 1. The van der Waals surface area contributed by atoms with E-state index < -0.39 is 23.4 Å². The lowest BCUT2D eigenvalue weighted by atomic mass is 10.1. The Morgan fingerprint density at radius 3 is 2.72 bits per heavy atom. The van der Waals surface area contributed by atoms with Gasteiger partial charge in [0.15, 0.2) is 11.6 Å². The van der Waals surface area contributed by atoms with Crippen LogP contribution in [0.1, 0.15) is 16.2 Å². The number of ether oxygens (including phenoxy) is 1. The molecule has 2 N–H and O–H groups in total. The second kappa shape index (κ2) is 6.73. The molecule has 0 saturated carbocycles. The van der Waals surface area contributed by atoms with Gasteiger partial charge >= 0.3 is 0 Å². The largest absolute Gasteiger partial charge is 0.377 e. The van der Waals surface area contributed by atoms with Gasteiger partial charge in [-0.25, -0.2) is 18.2 Å². The van der Waals surface area contributed by atoms with Gasteiger partial charge in [0.25, 0.3) is 5.91 Å². The molecule has 25 heavy (non-hydrogen) atoms. The molecule has 3 aromatic rings. The zero-order chi connectivity index (χ0) is 18.1. The lowest BCUT2D eigenvalue weighted by Gasteiger charge is -2.07. The summed E-state index contributed by atoms with van der Waals surface area (Å²) < 4.78 is 45.8. The average molecular weight is 370 g/mol. The number of anilines is 1. The van der Waals surface area contributed by atoms with E-state index in [1.165, 1.54) is 19.2 Å². The SMILES string of the molecule is COCc1nc2c(F)c(F)cc(C(=O)Nc3ccc(F)c(Cl)c3)c2[nH]1. The topological polar surface area (TPSA) is 67.0 Å². The van der Waals surface area contributed by atoms with Gasteiger partial charge in [-0.15, -0.1) is 0 Å². The van der Waals surface area contributed by atoms with Crippen molar-refractivity contribution in [2.24, 2.45) is 0 Å². The lowest BCUT2D eigenvalue weighted by Crippen LogP contribution is -2.13. The van der Waals surface area contributed by atoms with Crippen molar-refractivity contribution in [3.8, 4) is 0 Å². The summed E-state index contributed by atoms with van der Waals surface area (Å²) in [6, 6.07) is 4.33. The number of carbonyl (C=O) groups is 1. The molecule has 9 heteroatoms. The van der Waals surface area contributed by atoms with Crippen molar-refractivity contribution in [3.05, 3.63) is 58.1 Å². The second-order valence-electron chi connectivity index (χ2n) is 5.14. The standard InChI is InChI=1S/C16H11ClF3N3O2/c1-25-6-12-22-14-8(5-11(19)13(20)15(14)23-12)16(24)21-7-2-3-10(18)9(17)4-7/h2-5H,6H2,1H3,(H,21,24)(H,22,23). The summed E-state index contributed by atoms with van der Waals surface area (Å²) in [7, 11) is 1.41. The first-order chi connectivity index (χ1) is 11.9. The second-order valence-corrected chi connectivity index (χ2v) is 5.55. The third-order valence-corrected chi connectivity index (χ3v) is 3.70. The summed E-state index contributed by atoms with van der Waals surface area (Å²) in [5, 5.41) is 2.26. The molecule has 0 spiro atoms. The monoisotopic (exact) mass is 369 g/mol. The molecule has 0 aliphatic carbocycles. The molecular formula is C16H11ClF3N3O2. The predicted molar refractivity (Wildman–Crippen MR) is 86.1 cm³/mol. The van der Waals surface area contributed by atoms with Crippen LogP contribution >= 0.6 is 11.6 Å². The third kappa shape index (κ3) is 3.31. The maximum atomic E-state index is 13.9. The van der Waals surface area contributed by atoms with Gasteiger partial charge in [-0.1, -0.05) is 11.6 Å². The third-order valence-electron chi connectivity index (χ3n) is 3.41. The average Bonchev–Trinajstić information content (AvgIpc) is 2.98. The lowest BCUT2D eigenvalue weighted by molar-refractivity contribution is 0.102. The Labute approximate surface area is 144 Å². The Bertz CT molecular complexity index is 975. The van der Waals surface area contributed by atoms with Crippen molar-refractivity contribution < 1.29 is 22.7 Å². The van der Waals surface area contributed by atoms with Gasteiger partial charge in [0, 0.05) is 12.8 Å². The molecule has 3 rings (SSSR count). The van der Waals surface area contributed by atoms with Crippen LogP contribution in [0.5, 0.6) is 0 Å². The van der Waals surface area contributed by atoms with Gasteiger partial charge in [-0.2, -0.15) is 0 Å². The smallest absolute Gasteiger partial charge is 0.257 e. The number of hydrogen-bond donors (Lipinski definition) is 2. The number of halogens is 4. The van der Waals surface area contributed by atoms with Crippen LogP contribution in [0.3, 0.4) is 0 Å². The van der Waals surface area contributed by atoms with Crippen LogP contribution in [0.4, 0.5) is 18.9 Å². The van der Waals surface area contributed by atoms with Gasteiger partial charge in [-0.3, -0.25) is 4.79 Å². The first kappa shape index (κ1) is 17.2. The highest BCUT2D eigenvalue weighted by Crippen LogP contribution is 2.25. The molecule has 0 aliphatic rings. The van der Waals surface area contributed by atoms with Crippen molar-refractivity contribution in [1.29, 1.82) is 0 Å². The summed E-state index contributed by atoms with van der Waals surface area (Å²) in [5.41, 5.74) is -0.249. The molecule has 1 heterocycles. The number of hydrogen-bond acceptors (Lipinski definition) is 3. The van der Waals surface area contributed by atoms with Gasteiger partial charge in [0.05, 0.1) is 16.1 Å². The Hall–Kier alpha value is -2.58. The highest BCUT2D eigenvalue weighted by Gasteiger charge is 2.21. The van der Waals surface area contributed by atoms with Crippen LogP contribution in [0.2, 0.25) is 5.02 Å². The van der Waals surface area contributed by atoms with Gasteiger partial charge in [-0.05, 0) is 24.3 Å². The summed E-state index contributed by atoms with van der Waals surface area (Å²) in [5.74, 6) is -3.53. The summed E-state index contributed by atoms with van der Waals surface area (Å²) in [6.45, 7) is 0.0321. The van der Waals surface area contributed by atoms with Crippen LogP contribution in [-0.2, 0) is 11.3 Å². The number of rotatable bonds is 4. The maximum Gasteiger partial charge on any atom is 0.257 e. The normalized spacial score (nSPS) is 11.1. The molecule has 0 unspecified atom stereocenters. The summed E-state index contributed by atoms with van der Waals surface area (Å²) in [4.78, 5) is 19.1. The van der Waals surface area contributed by atoms with E-state index in [9.17, 15) is 18.0 Å². The van der Waals surface area contributed by atoms with E-state index in [2.05, 4.69) is 15.3 Å². The van der Waals surface area contributed by atoms with E-state index >= 15 is 0 Å². The quantitative estimate of drug-likeness (QED) is 0.729. The number of carbonyl (C=O) groups excluding carboxylic acids is 1. The van der Waals surface area contributed by atoms with E-state index in [0.717, 1.165) is 12.1 Å². The number of H-pyrrole nitrogens is 1. The minimum absolute atomic E-state index is 0.0247. The molecule has 2 aromatic carbocycles. The molecule has 0 fully saturated rings. The fourth-order valence-electron chi connectivity index (χ4n) is 2.31. The number of fused-ring (bicyclic) bond motifs is 1. The minimum atomic E-state index is -1.22. The number of benzene rings is 2. The fourth-order valence-corrected chi connectivity index (χ4v) is 2.49. The van der Waals surface area contributed by atoms with Crippen LogP contribution in [-0.4, -0.2) is 23.0 Å². The molecule has 0 atom stereocenters. The number of nitrogens with zero attached hydrogens (tertiary/aromatic N) is 1. The Morgan fingerprint density at radius 1 is 1.28 bits per heavy atom. The van der Waals surface area contributed by atoms with Crippen molar-refractivity contribution in [1.82, 2.24) is 9.97 Å². The Morgan fingerprint density at radius 2 is 2.04 bits per heavy atom. The highest BCUT2D eigenvalue weighted by atomic mass is 35.5. The molecule has 1 aromatic heterocycles. The molecule has 0 radical (unpaired) electrons. The highest BCUT2D eigenvalue weighted by molar-refractivity contribution is 6.31. The van der Waals surface area contributed by atoms with Crippen molar-refractivity contribution >= 4 is 34.2 Å². The molecule has 0 bridgehead atoms. The van der Waals surface area contributed by atoms with E-state index in [1.54, 1.807) is 0 Å². The molecule has 5 nitrogen and oxygen atoms in total. The van der Waals surface area contributed by atoms with E-state index in [0.29, 0.717) is 0 Å². The maximum absolute atomic E-state index is 13.9. The molecule has 130 valence electrons. The fraction of sp³-hybridized carbons (Fsp3) is 0.125. The van der Waals surface area contributed by atoms with E-state index in [4.69, 9.17) is 16.3 Å². The number of nitrogens with one attached hydrogen (secondary N) is 2. The van der Waals surface area contributed by atoms with E-state index in [1.807, 2.05) is 0 Å². The van der Waals surface area contributed by atoms with Crippen molar-refractivity contribution in [2.75, 3.05) is 12.4 Å². The Balaban J connectivity index is 2.02. The number of aromatic nitrogens is 2. The Kier molecular flexibility index (Phi) is 4.65. The van der Waals surface area contributed by atoms with Gasteiger partial charge in [0.1, 0.15) is 23.8 Å². The minimum Gasteiger partial charge on any atom is -0.377 e. The van der Waals surface area contributed by atoms with Crippen molar-refractivity contribution in [2.45, 2.75) is 6.61 Å². The van der Waals surface area contributed by atoms with Crippen LogP contribution in [0.25, 0.3) is 11.0 Å². The zero-order valence-electron chi connectivity index (χ0n) is 12.8. The van der Waals surface area contributed by atoms with Gasteiger partial charge in [0.2, 0.25) is 0 Å². The zero-order valence-corrected chi connectivity index (χ0v) is 13.5. The molecule has 0 saturated heterocycles. The van der Waals surface area contributed by atoms with Gasteiger partial charge < -0.3 is 15.0 Å². The molecule has 0 aliphatic heterocycles. The number of aromatic amines is 1. The first-order valence-electron chi connectivity index (χ1n) is 7.02. The van der Waals surface area contributed by atoms with Crippen molar-refractivity contribution in [3.63, 3.8) is 0 Å². The van der Waals surface area contributed by atoms with Crippen LogP contribution < -0.4 is 5.32 Å². The van der Waals surface area contributed by atoms with Crippen LogP contribution in [0.15, 0.2) is 24.3 Å². The van der Waals surface area contributed by atoms with E-state index in [-0.39, 0.29) is 39.7 Å². The summed E-state index contributed by atoms with van der Waals surface area (Å²) >= 11 is 5.66. The van der Waals surface area contributed by atoms with Crippen LogP contribution in [0, 0.1) is 17.5 Å². The number of imidazole rings is 1.